The SMILES string of the molecule is CC(C)CC(S)C(=O)NC1(C(=O)NC(CCc2ccc(-c3ccsc3)nc2)C(=O)O)CCCC1. The maximum atomic E-state index is 13.2. The molecule has 2 aromatic rings. The molecular formula is C25H33N3O4S2. The number of carboxylic acids is 1. The van der Waals surface area contributed by atoms with E-state index in [1.165, 1.54) is 0 Å². The van der Waals surface area contributed by atoms with Gasteiger partial charge >= 0.3 is 5.97 Å². The molecule has 1 aliphatic rings. The third-order valence-corrected chi connectivity index (χ3v) is 7.35. The van der Waals surface area contributed by atoms with Crippen molar-refractivity contribution < 1.29 is 19.5 Å². The van der Waals surface area contributed by atoms with Crippen LogP contribution in [0.5, 0.6) is 0 Å². The summed E-state index contributed by atoms with van der Waals surface area (Å²) in [7, 11) is 0. The van der Waals surface area contributed by atoms with Gasteiger partial charge in [-0.05, 0) is 61.1 Å². The molecule has 0 bridgehead atoms. The Morgan fingerprint density at radius 1 is 1.21 bits per heavy atom. The Hall–Kier alpha value is -2.39. The summed E-state index contributed by atoms with van der Waals surface area (Å²) < 4.78 is 0. The van der Waals surface area contributed by atoms with Crippen molar-refractivity contribution in [3.63, 3.8) is 0 Å². The molecule has 7 nitrogen and oxygen atoms in total. The number of amides is 2. The summed E-state index contributed by atoms with van der Waals surface area (Å²) in [6.07, 6.45) is 5.62. The van der Waals surface area contributed by atoms with Gasteiger partial charge in [-0.25, -0.2) is 4.79 Å². The molecule has 34 heavy (non-hydrogen) atoms. The molecule has 0 radical (unpaired) electrons. The van der Waals surface area contributed by atoms with Crippen LogP contribution in [-0.2, 0) is 20.8 Å². The third-order valence-electron chi connectivity index (χ3n) is 6.22. The number of carboxylic acid groups (broad SMARTS) is 1. The van der Waals surface area contributed by atoms with Crippen molar-refractivity contribution in [1.29, 1.82) is 0 Å². The van der Waals surface area contributed by atoms with Crippen molar-refractivity contribution in [2.24, 2.45) is 5.92 Å². The molecule has 0 saturated heterocycles. The minimum atomic E-state index is -1.09. The molecule has 9 heteroatoms. The maximum Gasteiger partial charge on any atom is 0.326 e. The number of hydrogen-bond donors (Lipinski definition) is 4. The number of aliphatic carboxylic acids is 1. The molecule has 3 rings (SSSR count). The minimum absolute atomic E-state index is 0.229. The lowest BCUT2D eigenvalue weighted by Gasteiger charge is -2.31. The van der Waals surface area contributed by atoms with Crippen LogP contribution in [0.15, 0.2) is 35.2 Å². The molecule has 0 spiro atoms. The van der Waals surface area contributed by atoms with E-state index >= 15 is 0 Å². The van der Waals surface area contributed by atoms with Crippen molar-refractivity contribution in [1.82, 2.24) is 15.6 Å². The molecule has 2 heterocycles. The van der Waals surface area contributed by atoms with Crippen LogP contribution in [0.2, 0.25) is 0 Å². The maximum absolute atomic E-state index is 13.2. The molecule has 0 aliphatic heterocycles. The van der Waals surface area contributed by atoms with Crippen molar-refractivity contribution in [2.45, 2.75) is 75.6 Å². The second-order valence-electron chi connectivity index (χ2n) is 9.39. The molecule has 1 fully saturated rings. The van der Waals surface area contributed by atoms with Gasteiger partial charge in [0.15, 0.2) is 0 Å². The summed E-state index contributed by atoms with van der Waals surface area (Å²) in [5, 5.41) is 18.8. The number of nitrogens with zero attached hydrogens (tertiary/aromatic N) is 1. The largest absolute Gasteiger partial charge is 0.480 e. The van der Waals surface area contributed by atoms with E-state index < -0.39 is 28.7 Å². The van der Waals surface area contributed by atoms with Gasteiger partial charge in [-0.2, -0.15) is 24.0 Å². The van der Waals surface area contributed by atoms with Crippen molar-refractivity contribution in [3.8, 4) is 11.3 Å². The minimum Gasteiger partial charge on any atom is -0.480 e. The van der Waals surface area contributed by atoms with Gasteiger partial charge in [0, 0.05) is 17.1 Å². The average Bonchev–Trinajstić information content (AvgIpc) is 3.49. The number of carbonyl (C=O) groups excluding carboxylic acids is 2. The van der Waals surface area contributed by atoms with Gasteiger partial charge in [-0.3, -0.25) is 14.6 Å². The molecule has 184 valence electrons. The number of thiophene rings is 1. The van der Waals surface area contributed by atoms with E-state index in [4.69, 9.17) is 0 Å². The van der Waals surface area contributed by atoms with Crippen LogP contribution in [0, 0.1) is 5.92 Å². The normalized spacial score (nSPS) is 16.7. The zero-order chi connectivity index (χ0) is 24.7. The summed E-state index contributed by atoms with van der Waals surface area (Å²) in [6.45, 7) is 4.02. The van der Waals surface area contributed by atoms with Gasteiger partial charge < -0.3 is 15.7 Å². The molecule has 2 aromatic heterocycles. The molecular weight excluding hydrogens is 470 g/mol. The van der Waals surface area contributed by atoms with Crippen molar-refractivity contribution in [2.75, 3.05) is 0 Å². The van der Waals surface area contributed by atoms with Gasteiger partial charge in [-0.15, -0.1) is 0 Å². The fourth-order valence-corrected chi connectivity index (χ4v) is 5.41. The summed E-state index contributed by atoms with van der Waals surface area (Å²) >= 11 is 6.01. The van der Waals surface area contributed by atoms with Gasteiger partial charge in [0.2, 0.25) is 11.8 Å². The van der Waals surface area contributed by atoms with Crippen LogP contribution >= 0.6 is 24.0 Å². The first-order valence-corrected chi connectivity index (χ1v) is 13.2. The number of hydrogen-bond acceptors (Lipinski definition) is 6. The smallest absolute Gasteiger partial charge is 0.326 e. The summed E-state index contributed by atoms with van der Waals surface area (Å²) in [6, 6.07) is 4.79. The van der Waals surface area contributed by atoms with E-state index in [0.717, 1.165) is 29.7 Å². The van der Waals surface area contributed by atoms with Crippen LogP contribution < -0.4 is 10.6 Å². The Bertz CT molecular complexity index is 971. The number of pyridine rings is 1. The molecule has 0 aromatic carbocycles. The number of thiol groups is 1. The number of aromatic nitrogens is 1. The second kappa shape index (κ2) is 11.8. The van der Waals surface area contributed by atoms with Crippen LogP contribution in [-0.4, -0.2) is 44.7 Å². The second-order valence-corrected chi connectivity index (χ2v) is 10.8. The number of aryl methyl sites for hydroxylation is 1. The van der Waals surface area contributed by atoms with E-state index in [-0.39, 0.29) is 12.3 Å². The quantitative estimate of drug-likeness (QED) is 0.346. The summed E-state index contributed by atoms with van der Waals surface area (Å²) in [4.78, 5) is 42.3. The van der Waals surface area contributed by atoms with Crippen molar-refractivity contribution >= 4 is 41.7 Å². The van der Waals surface area contributed by atoms with Crippen LogP contribution in [0.4, 0.5) is 0 Å². The lowest BCUT2D eigenvalue weighted by atomic mass is 9.94. The molecule has 2 unspecified atom stereocenters. The monoisotopic (exact) mass is 503 g/mol. The Morgan fingerprint density at radius 3 is 2.50 bits per heavy atom. The van der Waals surface area contributed by atoms with Crippen LogP contribution in [0.25, 0.3) is 11.3 Å². The predicted molar refractivity (Wildman–Crippen MR) is 137 cm³/mol. The number of rotatable bonds is 11. The van der Waals surface area contributed by atoms with Crippen LogP contribution in [0.3, 0.4) is 0 Å². The molecule has 2 atom stereocenters. The number of carbonyl (C=O) groups is 3. The zero-order valence-corrected chi connectivity index (χ0v) is 21.3. The Balaban J connectivity index is 1.62. The summed E-state index contributed by atoms with van der Waals surface area (Å²) in [5.74, 6) is -1.51. The Morgan fingerprint density at radius 2 is 1.94 bits per heavy atom. The van der Waals surface area contributed by atoms with E-state index in [9.17, 15) is 19.5 Å². The lowest BCUT2D eigenvalue weighted by Crippen LogP contribution is -2.61. The van der Waals surface area contributed by atoms with E-state index in [1.54, 1.807) is 17.5 Å². The van der Waals surface area contributed by atoms with Gasteiger partial charge in [0.05, 0.1) is 10.9 Å². The molecule has 1 saturated carbocycles. The topological polar surface area (TPSA) is 108 Å². The average molecular weight is 504 g/mol. The van der Waals surface area contributed by atoms with Gasteiger partial charge in [-0.1, -0.05) is 32.8 Å². The van der Waals surface area contributed by atoms with Crippen LogP contribution in [0.1, 0.15) is 57.9 Å². The third kappa shape index (κ3) is 6.82. The highest BCUT2D eigenvalue weighted by atomic mass is 32.1. The molecule has 1 aliphatic carbocycles. The van der Waals surface area contributed by atoms with E-state index in [2.05, 4.69) is 28.2 Å². The first-order chi connectivity index (χ1) is 16.2. The first-order valence-electron chi connectivity index (χ1n) is 11.7. The first kappa shape index (κ1) is 26.2. The fraction of sp³-hybridized carbons (Fsp3) is 0.520. The highest BCUT2D eigenvalue weighted by molar-refractivity contribution is 7.81. The highest BCUT2D eigenvalue weighted by Crippen LogP contribution is 2.31. The predicted octanol–water partition coefficient (Wildman–Crippen LogP) is 4.09. The molecule has 2 amide bonds. The van der Waals surface area contributed by atoms with E-state index in [0.29, 0.717) is 31.6 Å². The standard InChI is InChI=1S/C25H33N3O4S2/c1-16(2)13-21(33)22(29)28-25(10-3-4-11-25)24(32)27-20(23(30)31)8-6-17-5-7-19(26-14-17)18-9-12-34-15-18/h5,7,9,12,14-16,20-21,33H,3-4,6,8,10-11,13H2,1-2H3,(H,27,32)(H,28,29)(H,30,31). The Kier molecular flexibility index (Phi) is 9.13. The zero-order valence-electron chi connectivity index (χ0n) is 19.6. The highest BCUT2D eigenvalue weighted by Gasteiger charge is 2.44. The van der Waals surface area contributed by atoms with Crippen molar-refractivity contribution in [3.05, 3.63) is 40.7 Å². The fourth-order valence-electron chi connectivity index (χ4n) is 4.28. The van der Waals surface area contributed by atoms with Gasteiger partial charge in [0.25, 0.3) is 0 Å². The Labute approximate surface area is 210 Å². The number of nitrogens with one attached hydrogen (secondary N) is 2. The lowest BCUT2D eigenvalue weighted by molar-refractivity contribution is -0.143. The van der Waals surface area contributed by atoms with Gasteiger partial charge in [0.1, 0.15) is 11.6 Å². The molecule has 3 N–H and O–H groups in total. The van der Waals surface area contributed by atoms with E-state index in [1.807, 2.05) is 42.8 Å². The summed E-state index contributed by atoms with van der Waals surface area (Å²) in [5.41, 5.74) is 1.74.